The number of esters is 1. The molecule has 2 saturated carbocycles. The zero-order valence-corrected chi connectivity index (χ0v) is 20.7. The van der Waals surface area contributed by atoms with E-state index < -0.39 is 19.1 Å². The molecule has 6 atom stereocenters. The molecule has 0 N–H and O–H groups in total. The largest absolute Gasteiger partial charge is 0.456 e. The summed E-state index contributed by atoms with van der Waals surface area (Å²) in [7, 11) is 0. The molecular formula is C25H21Br2NO5. The lowest BCUT2D eigenvalue weighted by Gasteiger charge is -2.28. The van der Waals surface area contributed by atoms with Crippen molar-refractivity contribution in [3.63, 3.8) is 0 Å². The molecule has 8 heteroatoms. The number of ketones is 1. The zero-order chi connectivity index (χ0) is 23.3. The number of rotatable bonds is 6. The van der Waals surface area contributed by atoms with Crippen molar-refractivity contribution in [1.29, 1.82) is 0 Å². The minimum atomic E-state index is -0.760. The maximum atomic E-state index is 12.9. The summed E-state index contributed by atoms with van der Waals surface area (Å²) in [5, 5.41) is 0. The quantitative estimate of drug-likeness (QED) is 0.226. The highest BCUT2D eigenvalue weighted by molar-refractivity contribution is 9.12. The molecule has 170 valence electrons. The van der Waals surface area contributed by atoms with Gasteiger partial charge in [-0.15, -0.1) is 0 Å². The molecule has 1 heterocycles. The molecule has 0 aromatic heterocycles. The number of fused-ring (bicyclic) bond motifs is 5. The third-order valence-corrected chi connectivity index (χ3v) is 10.3. The van der Waals surface area contributed by atoms with E-state index in [0.29, 0.717) is 5.56 Å². The Hall–Kier alpha value is -2.32. The highest BCUT2D eigenvalue weighted by atomic mass is 79.9. The lowest BCUT2D eigenvalue weighted by atomic mass is 9.81. The minimum absolute atomic E-state index is 0.0854. The second-order valence-corrected chi connectivity index (χ2v) is 10.9. The van der Waals surface area contributed by atoms with Gasteiger partial charge in [-0.2, -0.15) is 0 Å². The molecule has 0 spiro atoms. The molecule has 1 saturated heterocycles. The number of carbonyl (C=O) groups is 4. The number of alkyl halides is 2. The number of likely N-dealkylation sites (tertiary alicyclic amines) is 1. The van der Waals surface area contributed by atoms with Crippen molar-refractivity contribution in [2.75, 3.05) is 13.2 Å². The van der Waals surface area contributed by atoms with Crippen LogP contribution < -0.4 is 0 Å². The predicted octanol–water partition coefficient (Wildman–Crippen LogP) is 3.86. The van der Waals surface area contributed by atoms with Crippen molar-refractivity contribution in [2.45, 2.75) is 16.1 Å². The van der Waals surface area contributed by atoms with Crippen molar-refractivity contribution < 1.29 is 23.9 Å². The Morgan fingerprint density at radius 2 is 1.39 bits per heavy atom. The SMILES string of the molecule is O=C(CN1C(=O)[C@@H]2[C@H]3C[C@@H]([C@H](Br)[C@H]3Br)[C@H]2C1=O)OCC(=O)c1ccc(-c2ccccc2)cc1. The van der Waals surface area contributed by atoms with Gasteiger partial charge in [0.15, 0.2) is 12.4 Å². The lowest BCUT2D eigenvalue weighted by molar-refractivity contribution is -0.152. The number of amides is 2. The average molecular weight is 575 g/mol. The molecule has 33 heavy (non-hydrogen) atoms. The van der Waals surface area contributed by atoms with E-state index in [1.807, 2.05) is 42.5 Å². The van der Waals surface area contributed by atoms with Crippen LogP contribution in [0.15, 0.2) is 54.6 Å². The predicted molar refractivity (Wildman–Crippen MR) is 128 cm³/mol. The molecule has 2 aliphatic carbocycles. The van der Waals surface area contributed by atoms with Gasteiger partial charge in [-0.3, -0.25) is 24.1 Å². The average Bonchev–Trinajstić information content (AvgIpc) is 3.44. The number of hydrogen-bond donors (Lipinski definition) is 0. The fourth-order valence-corrected chi connectivity index (χ4v) is 7.32. The Morgan fingerprint density at radius 3 is 1.97 bits per heavy atom. The maximum Gasteiger partial charge on any atom is 0.326 e. The number of benzene rings is 2. The fraction of sp³-hybridized carbons (Fsp3) is 0.360. The summed E-state index contributed by atoms with van der Waals surface area (Å²) in [4.78, 5) is 51.9. The summed E-state index contributed by atoms with van der Waals surface area (Å²) in [6.07, 6.45) is 0.828. The molecular weight excluding hydrogens is 554 g/mol. The van der Waals surface area contributed by atoms with Crippen LogP contribution in [0.5, 0.6) is 0 Å². The smallest absolute Gasteiger partial charge is 0.326 e. The van der Waals surface area contributed by atoms with Gasteiger partial charge in [0.25, 0.3) is 0 Å². The van der Waals surface area contributed by atoms with Crippen molar-refractivity contribution in [3.05, 3.63) is 60.2 Å². The highest BCUT2D eigenvalue weighted by Crippen LogP contribution is 2.60. The van der Waals surface area contributed by atoms with Gasteiger partial charge < -0.3 is 4.74 Å². The number of hydrogen-bond acceptors (Lipinski definition) is 5. The molecule has 3 fully saturated rings. The molecule has 2 amide bonds. The van der Waals surface area contributed by atoms with Crippen LogP contribution in [-0.4, -0.2) is 51.3 Å². The lowest BCUT2D eigenvalue weighted by Crippen LogP contribution is -2.38. The van der Waals surface area contributed by atoms with Crippen molar-refractivity contribution in [3.8, 4) is 11.1 Å². The van der Waals surface area contributed by atoms with E-state index >= 15 is 0 Å². The molecule has 2 aromatic rings. The van der Waals surface area contributed by atoms with E-state index in [4.69, 9.17) is 4.74 Å². The molecule has 0 radical (unpaired) electrons. The molecule has 1 aliphatic heterocycles. The van der Waals surface area contributed by atoms with Gasteiger partial charge in [-0.1, -0.05) is 86.5 Å². The van der Waals surface area contributed by atoms with Gasteiger partial charge in [0, 0.05) is 15.2 Å². The van der Waals surface area contributed by atoms with E-state index in [9.17, 15) is 19.2 Å². The van der Waals surface area contributed by atoms with Crippen LogP contribution in [0.3, 0.4) is 0 Å². The highest BCUT2D eigenvalue weighted by Gasteiger charge is 2.66. The molecule has 6 nitrogen and oxygen atoms in total. The van der Waals surface area contributed by atoms with Gasteiger partial charge >= 0.3 is 5.97 Å². The molecule has 2 aromatic carbocycles. The second kappa shape index (κ2) is 8.80. The minimum Gasteiger partial charge on any atom is -0.456 e. The number of ether oxygens (including phenoxy) is 1. The zero-order valence-electron chi connectivity index (χ0n) is 17.5. The van der Waals surface area contributed by atoms with Crippen molar-refractivity contribution >= 4 is 55.4 Å². The summed E-state index contributed by atoms with van der Waals surface area (Å²) < 4.78 is 5.11. The Labute approximate surface area is 207 Å². The first-order chi connectivity index (χ1) is 15.9. The van der Waals surface area contributed by atoms with Crippen LogP contribution in [0.4, 0.5) is 0 Å². The number of halogens is 2. The fourth-order valence-electron chi connectivity index (χ4n) is 5.45. The van der Waals surface area contributed by atoms with Gasteiger partial charge in [-0.05, 0) is 29.4 Å². The Kier molecular flexibility index (Phi) is 5.99. The van der Waals surface area contributed by atoms with E-state index in [1.54, 1.807) is 12.1 Å². The first-order valence-corrected chi connectivity index (χ1v) is 12.7. The Bertz CT molecular complexity index is 1090. The summed E-state index contributed by atoms with van der Waals surface area (Å²) >= 11 is 7.28. The first kappa shape index (κ1) is 22.5. The van der Waals surface area contributed by atoms with Crippen LogP contribution in [-0.2, 0) is 19.1 Å². The van der Waals surface area contributed by atoms with Gasteiger partial charge in [-0.25, -0.2) is 0 Å². The number of Topliss-reactive ketones (excluding diaryl/α,β-unsaturated/α-hetero) is 1. The monoisotopic (exact) mass is 573 g/mol. The molecule has 5 rings (SSSR count). The van der Waals surface area contributed by atoms with Crippen LogP contribution >= 0.6 is 31.9 Å². The van der Waals surface area contributed by atoms with E-state index in [0.717, 1.165) is 22.4 Å². The normalized spacial score (nSPS) is 29.9. The molecule has 0 unspecified atom stereocenters. The Balaban J connectivity index is 1.17. The van der Waals surface area contributed by atoms with E-state index in [1.165, 1.54) is 0 Å². The van der Waals surface area contributed by atoms with Gasteiger partial charge in [0.05, 0.1) is 11.8 Å². The summed E-state index contributed by atoms with van der Waals surface area (Å²) in [6.45, 7) is -0.894. The van der Waals surface area contributed by atoms with E-state index in [-0.39, 0.29) is 50.9 Å². The maximum absolute atomic E-state index is 12.9. The van der Waals surface area contributed by atoms with Crippen LogP contribution in [0.1, 0.15) is 16.8 Å². The van der Waals surface area contributed by atoms with Gasteiger partial charge in [0.2, 0.25) is 11.8 Å². The van der Waals surface area contributed by atoms with Crippen molar-refractivity contribution in [2.24, 2.45) is 23.7 Å². The van der Waals surface area contributed by atoms with Crippen LogP contribution in [0.2, 0.25) is 0 Å². The summed E-state index contributed by atoms with van der Waals surface area (Å²) in [5.41, 5.74) is 2.44. The summed E-state index contributed by atoms with van der Waals surface area (Å²) in [6, 6.07) is 16.8. The number of nitrogens with zero attached hydrogens (tertiary/aromatic N) is 1. The first-order valence-electron chi connectivity index (χ1n) is 10.8. The van der Waals surface area contributed by atoms with Gasteiger partial charge in [0.1, 0.15) is 6.54 Å². The van der Waals surface area contributed by atoms with Crippen molar-refractivity contribution in [1.82, 2.24) is 4.90 Å². The van der Waals surface area contributed by atoms with Crippen LogP contribution in [0, 0.1) is 23.7 Å². The summed E-state index contributed by atoms with van der Waals surface area (Å²) in [5.74, 6) is -2.30. The molecule has 3 aliphatic rings. The Morgan fingerprint density at radius 1 is 0.848 bits per heavy atom. The number of carbonyl (C=O) groups excluding carboxylic acids is 4. The third kappa shape index (κ3) is 3.87. The van der Waals surface area contributed by atoms with Crippen LogP contribution in [0.25, 0.3) is 11.1 Å². The second-order valence-electron chi connectivity index (χ2n) is 8.79. The third-order valence-electron chi connectivity index (χ3n) is 7.04. The molecule has 2 bridgehead atoms. The topological polar surface area (TPSA) is 80.8 Å². The number of imide groups is 1. The van der Waals surface area contributed by atoms with E-state index in [2.05, 4.69) is 31.9 Å². The standard InChI is InChI=1S/C25H21Br2NO5/c26-22-16-10-17(23(22)27)21-20(16)24(31)28(25(21)32)11-19(30)33-12-18(29)15-8-6-14(7-9-15)13-4-2-1-3-5-13/h1-9,16-17,20-23H,10-12H2/t16-,17-,20-,21-,22+,23+/m1/s1.